The van der Waals surface area contributed by atoms with Crippen LogP contribution < -0.4 is 9.47 Å². The summed E-state index contributed by atoms with van der Waals surface area (Å²) in [6.45, 7) is -0.893. The minimum Gasteiger partial charge on any atom is -0.508 e. The van der Waals surface area contributed by atoms with Crippen LogP contribution in [0, 0.1) is 0 Å². The van der Waals surface area contributed by atoms with Crippen molar-refractivity contribution in [1.82, 2.24) is 0 Å². The first-order valence-electron chi connectivity index (χ1n) is 8.26. The van der Waals surface area contributed by atoms with Crippen LogP contribution >= 0.6 is 0 Å². The lowest BCUT2D eigenvalue weighted by Gasteiger charge is -2.18. The van der Waals surface area contributed by atoms with Gasteiger partial charge in [-0.15, -0.1) is 0 Å². The van der Waals surface area contributed by atoms with Gasteiger partial charge in [0, 0.05) is 11.1 Å². The molecular formula is C20H18F2O4. The van der Waals surface area contributed by atoms with Crippen LogP contribution in [0.3, 0.4) is 0 Å². The van der Waals surface area contributed by atoms with E-state index in [0.29, 0.717) is 36.1 Å². The molecule has 0 atom stereocenters. The maximum Gasteiger partial charge on any atom is 0.387 e. The molecule has 0 aliphatic heterocycles. The fraction of sp³-hybridized carbons (Fsp3) is 0.250. The smallest absolute Gasteiger partial charge is 0.387 e. The van der Waals surface area contributed by atoms with Gasteiger partial charge in [-0.1, -0.05) is 6.07 Å². The zero-order valence-corrected chi connectivity index (χ0v) is 14.2. The maximum atomic E-state index is 12.7. The third-order valence-corrected chi connectivity index (χ3v) is 4.11. The second kappa shape index (κ2) is 7.56. The van der Waals surface area contributed by atoms with Crippen LogP contribution in [0.4, 0.5) is 8.78 Å². The molecule has 3 rings (SSSR count). The molecule has 0 heterocycles. The molecule has 0 aromatic heterocycles. The number of allylic oxidation sites excluding steroid dienone is 1. The van der Waals surface area contributed by atoms with Gasteiger partial charge < -0.3 is 14.6 Å². The van der Waals surface area contributed by atoms with Crippen LogP contribution in [0.15, 0.2) is 42.0 Å². The molecule has 0 radical (unpaired) electrons. The number of ether oxygens (including phenoxy) is 2. The number of Topliss-reactive ketones (excluding diaryl/α,β-unsaturated/α-hetero) is 1. The predicted octanol–water partition coefficient (Wildman–Crippen LogP) is 4.60. The number of halogens is 2. The quantitative estimate of drug-likeness (QED) is 0.792. The normalized spacial score (nSPS) is 15.2. The summed E-state index contributed by atoms with van der Waals surface area (Å²) >= 11 is 0. The minimum absolute atomic E-state index is 0.0419. The van der Waals surface area contributed by atoms with Gasteiger partial charge in [0.2, 0.25) is 0 Å². The monoisotopic (exact) mass is 360 g/mol. The number of carbonyl (C=O) groups excluding carboxylic acids is 1. The molecule has 1 N–H and O–H groups in total. The number of phenols is 1. The molecule has 4 nitrogen and oxygen atoms in total. The van der Waals surface area contributed by atoms with Crippen LogP contribution in [0.5, 0.6) is 17.2 Å². The molecule has 0 fully saturated rings. The number of rotatable bonds is 5. The molecule has 0 amide bonds. The zero-order valence-electron chi connectivity index (χ0n) is 14.2. The van der Waals surface area contributed by atoms with E-state index in [1.807, 2.05) is 0 Å². The Balaban J connectivity index is 1.91. The van der Waals surface area contributed by atoms with Gasteiger partial charge in [-0.2, -0.15) is 8.78 Å². The first-order chi connectivity index (χ1) is 12.5. The van der Waals surface area contributed by atoms with E-state index in [1.165, 1.54) is 12.1 Å². The number of ketones is 1. The summed E-state index contributed by atoms with van der Waals surface area (Å²) in [6, 6.07) is 9.30. The molecule has 1 aliphatic rings. The molecule has 6 heteroatoms. The van der Waals surface area contributed by atoms with Crippen molar-refractivity contribution in [2.75, 3.05) is 6.61 Å². The molecule has 26 heavy (non-hydrogen) atoms. The number of hydrogen-bond donors (Lipinski definition) is 1. The lowest BCUT2D eigenvalue weighted by atomic mass is 9.86. The van der Waals surface area contributed by atoms with Crippen molar-refractivity contribution in [2.45, 2.75) is 26.4 Å². The van der Waals surface area contributed by atoms with Gasteiger partial charge in [0.15, 0.2) is 17.3 Å². The van der Waals surface area contributed by atoms with Crippen LogP contribution in [-0.2, 0) is 6.42 Å². The highest BCUT2D eigenvalue weighted by atomic mass is 19.3. The SMILES string of the molecule is CCOc1cc(C=C2CCc3cc(O)ccc3C2=O)ccc1OC(F)F. The summed E-state index contributed by atoms with van der Waals surface area (Å²) in [5, 5.41) is 9.54. The van der Waals surface area contributed by atoms with Crippen LogP contribution in [0.1, 0.15) is 34.8 Å². The Kier molecular flexibility index (Phi) is 5.21. The number of benzene rings is 2. The second-order valence-electron chi connectivity index (χ2n) is 5.86. The topological polar surface area (TPSA) is 55.8 Å². The standard InChI is InChI=1S/C20H18F2O4/c1-2-25-18-10-12(3-8-17(18)26-20(21)22)9-14-5-4-13-11-15(23)6-7-16(13)19(14)24/h3,6-11,20,23H,2,4-5H2,1H3. The van der Waals surface area contributed by atoms with Crippen molar-refractivity contribution in [3.63, 3.8) is 0 Å². The molecule has 0 spiro atoms. The second-order valence-corrected chi connectivity index (χ2v) is 5.86. The zero-order chi connectivity index (χ0) is 18.7. The van der Waals surface area contributed by atoms with Crippen molar-refractivity contribution in [3.8, 4) is 17.2 Å². The van der Waals surface area contributed by atoms with Crippen molar-refractivity contribution >= 4 is 11.9 Å². The van der Waals surface area contributed by atoms with E-state index in [2.05, 4.69) is 4.74 Å². The molecule has 136 valence electrons. The number of hydrogen-bond acceptors (Lipinski definition) is 4. The average molecular weight is 360 g/mol. The van der Waals surface area contributed by atoms with Crippen molar-refractivity contribution in [2.24, 2.45) is 0 Å². The summed E-state index contributed by atoms with van der Waals surface area (Å²) in [6.07, 6.45) is 2.91. The number of fused-ring (bicyclic) bond motifs is 1. The van der Waals surface area contributed by atoms with E-state index >= 15 is 0 Å². The maximum absolute atomic E-state index is 12.7. The van der Waals surface area contributed by atoms with Gasteiger partial charge in [0.25, 0.3) is 0 Å². The lowest BCUT2D eigenvalue weighted by molar-refractivity contribution is -0.0514. The molecule has 2 aromatic carbocycles. The molecule has 0 saturated carbocycles. The van der Waals surface area contributed by atoms with E-state index in [4.69, 9.17) is 4.74 Å². The molecule has 0 bridgehead atoms. The Morgan fingerprint density at radius 3 is 2.69 bits per heavy atom. The first kappa shape index (κ1) is 17.9. The Hall–Kier alpha value is -2.89. The van der Waals surface area contributed by atoms with Gasteiger partial charge in [-0.3, -0.25) is 4.79 Å². The summed E-state index contributed by atoms with van der Waals surface area (Å²) in [4.78, 5) is 12.7. The van der Waals surface area contributed by atoms with Gasteiger partial charge >= 0.3 is 6.61 Å². The fourth-order valence-electron chi connectivity index (χ4n) is 2.98. The van der Waals surface area contributed by atoms with Gasteiger partial charge in [-0.25, -0.2) is 0 Å². The predicted molar refractivity (Wildman–Crippen MR) is 93.0 cm³/mol. The van der Waals surface area contributed by atoms with E-state index < -0.39 is 6.61 Å². The Morgan fingerprint density at radius 2 is 1.96 bits per heavy atom. The number of carbonyl (C=O) groups is 1. The van der Waals surface area contributed by atoms with Crippen molar-refractivity contribution < 1.29 is 28.2 Å². The minimum atomic E-state index is -2.94. The van der Waals surface area contributed by atoms with E-state index in [1.54, 1.807) is 37.3 Å². The number of phenolic OH excluding ortho intramolecular Hbond substituents is 1. The largest absolute Gasteiger partial charge is 0.508 e. The third kappa shape index (κ3) is 3.85. The summed E-state index contributed by atoms with van der Waals surface area (Å²) in [7, 11) is 0. The molecule has 0 unspecified atom stereocenters. The van der Waals surface area contributed by atoms with Crippen LogP contribution in [0.2, 0.25) is 0 Å². The number of alkyl halides is 2. The van der Waals surface area contributed by atoms with E-state index in [0.717, 1.165) is 5.56 Å². The number of aryl methyl sites for hydroxylation is 1. The molecule has 2 aromatic rings. The highest BCUT2D eigenvalue weighted by molar-refractivity contribution is 6.13. The van der Waals surface area contributed by atoms with Gasteiger partial charge in [0.05, 0.1) is 6.61 Å². The van der Waals surface area contributed by atoms with Crippen molar-refractivity contribution in [3.05, 3.63) is 58.7 Å². The van der Waals surface area contributed by atoms with E-state index in [9.17, 15) is 18.7 Å². The number of aromatic hydroxyl groups is 1. The van der Waals surface area contributed by atoms with Crippen molar-refractivity contribution in [1.29, 1.82) is 0 Å². The Labute approximate surface area is 149 Å². The average Bonchev–Trinajstić information content (AvgIpc) is 2.59. The highest BCUT2D eigenvalue weighted by Crippen LogP contribution is 2.33. The molecule has 0 saturated heterocycles. The Morgan fingerprint density at radius 1 is 1.15 bits per heavy atom. The van der Waals surface area contributed by atoms with Crippen LogP contribution in [0.25, 0.3) is 6.08 Å². The highest BCUT2D eigenvalue weighted by Gasteiger charge is 2.22. The summed E-state index contributed by atoms with van der Waals surface area (Å²) in [5.74, 6) is 0.201. The molecule has 1 aliphatic carbocycles. The van der Waals surface area contributed by atoms with Crippen LogP contribution in [-0.4, -0.2) is 24.1 Å². The van der Waals surface area contributed by atoms with E-state index in [-0.39, 0.29) is 23.0 Å². The fourth-order valence-corrected chi connectivity index (χ4v) is 2.98. The lowest BCUT2D eigenvalue weighted by Crippen LogP contribution is -2.13. The summed E-state index contributed by atoms with van der Waals surface area (Å²) < 4.78 is 34.8. The van der Waals surface area contributed by atoms with Gasteiger partial charge in [-0.05, 0) is 67.3 Å². The molecular weight excluding hydrogens is 342 g/mol. The van der Waals surface area contributed by atoms with Gasteiger partial charge in [0.1, 0.15) is 5.75 Å². The Bertz CT molecular complexity index is 859. The first-order valence-corrected chi connectivity index (χ1v) is 8.26. The third-order valence-electron chi connectivity index (χ3n) is 4.11. The summed E-state index contributed by atoms with van der Waals surface area (Å²) in [5.41, 5.74) is 2.68.